The van der Waals surface area contributed by atoms with Crippen LogP contribution in [0.15, 0.2) is 65.7 Å². The monoisotopic (exact) mass is 376 g/mol. The molecule has 4 aromatic rings. The third kappa shape index (κ3) is 3.30. The minimum atomic E-state index is -0.652. The number of nitrogens with one attached hydrogen (secondary N) is 1. The number of rotatable bonds is 4. The Morgan fingerprint density at radius 2 is 1.93 bits per heavy atom. The average Bonchev–Trinajstić information content (AvgIpc) is 3.11. The Labute approximate surface area is 158 Å². The molecule has 1 aromatic heterocycles. The van der Waals surface area contributed by atoms with Crippen molar-refractivity contribution in [2.75, 3.05) is 0 Å². The number of para-hydroxylation sites is 1. The molecule has 0 saturated carbocycles. The minimum Gasteiger partial charge on any atom is -0.502 e. The van der Waals surface area contributed by atoms with E-state index in [-0.39, 0.29) is 17.1 Å². The summed E-state index contributed by atoms with van der Waals surface area (Å²) in [5.41, 5.74) is 2.65. The number of benzene rings is 3. The lowest BCUT2D eigenvalue weighted by atomic mass is 10.2. The minimum absolute atomic E-state index is 0.242. The van der Waals surface area contributed by atoms with Crippen molar-refractivity contribution in [2.45, 2.75) is 0 Å². The zero-order valence-electron chi connectivity index (χ0n) is 14.3. The molecule has 0 spiro atoms. The largest absolute Gasteiger partial charge is 0.502 e. The summed E-state index contributed by atoms with van der Waals surface area (Å²) in [6.07, 6.45) is 1.36. The normalized spacial score (nSPS) is 11.3. The fourth-order valence-corrected chi connectivity index (χ4v) is 2.77. The van der Waals surface area contributed by atoms with Crippen molar-refractivity contribution >= 4 is 28.6 Å². The van der Waals surface area contributed by atoms with Crippen LogP contribution in [0.25, 0.3) is 22.4 Å². The number of aromatic amines is 1. The van der Waals surface area contributed by atoms with Crippen LogP contribution in [0.5, 0.6) is 5.75 Å². The predicted molar refractivity (Wildman–Crippen MR) is 104 cm³/mol. The number of aliphatic imine (C=N–C) groups is 1. The molecular weight excluding hydrogens is 363 g/mol. The standard InChI is InChI=1S/C20H13FN4O3/c21-14-6-4-12(5-7-14)20-23-16-9-8-15(10-17(16)24-20)22-11-13-2-1-3-18(19(13)26)25(27)28/h1-11,26H,(H,23,24). The molecule has 3 aromatic carbocycles. The summed E-state index contributed by atoms with van der Waals surface area (Å²) in [7, 11) is 0. The zero-order valence-corrected chi connectivity index (χ0v) is 14.3. The Morgan fingerprint density at radius 3 is 2.68 bits per heavy atom. The van der Waals surface area contributed by atoms with Gasteiger partial charge in [-0.1, -0.05) is 6.07 Å². The summed E-state index contributed by atoms with van der Waals surface area (Å²) in [5.74, 6) is -0.147. The molecule has 28 heavy (non-hydrogen) atoms. The van der Waals surface area contributed by atoms with Crippen molar-refractivity contribution in [3.63, 3.8) is 0 Å². The second-order valence-corrected chi connectivity index (χ2v) is 6.02. The van der Waals surface area contributed by atoms with E-state index in [9.17, 15) is 19.6 Å². The number of phenols is 1. The molecule has 0 aliphatic rings. The Balaban J connectivity index is 1.65. The first-order valence-corrected chi connectivity index (χ1v) is 8.27. The van der Waals surface area contributed by atoms with Crippen LogP contribution in [-0.2, 0) is 0 Å². The zero-order chi connectivity index (χ0) is 19.7. The third-order valence-electron chi connectivity index (χ3n) is 4.18. The number of nitrogens with zero attached hydrogens (tertiary/aromatic N) is 3. The Kier molecular flexibility index (Phi) is 4.29. The number of H-pyrrole nitrogens is 1. The maximum Gasteiger partial charge on any atom is 0.311 e. The topological polar surface area (TPSA) is 104 Å². The summed E-state index contributed by atoms with van der Waals surface area (Å²) < 4.78 is 13.1. The molecule has 0 amide bonds. The van der Waals surface area contributed by atoms with Gasteiger partial charge in [0, 0.05) is 23.4 Å². The summed E-state index contributed by atoms with van der Waals surface area (Å²) >= 11 is 0. The molecule has 8 heteroatoms. The van der Waals surface area contributed by atoms with Crippen LogP contribution in [0, 0.1) is 15.9 Å². The van der Waals surface area contributed by atoms with Crippen molar-refractivity contribution in [1.29, 1.82) is 0 Å². The number of halogens is 1. The molecule has 0 aliphatic carbocycles. The fraction of sp³-hybridized carbons (Fsp3) is 0. The van der Waals surface area contributed by atoms with Crippen LogP contribution in [0.2, 0.25) is 0 Å². The van der Waals surface area contributed by atoms with E-state index in [1.165, 1.54) is 36.5 Å². The van der Waals surface area contributed by atoms with E-state index in [0.717, 1.165) is 16.6 Å². The molecule has 0 unspecified atom stereocenters. The van der Waals surface area contributed by atoms with Crippen molar-refractivity contribution in [3.8, 4) is 17.1 Å². The van der Waals surface area contributed by atoms with E-state index in [1.54, 1.807) is 30.3 Å². The lowest BCUT2D eigenvalue weighted by Crippen LogP contribution is -1.91. The fourth-order valence-electron chi connectivity index (χ4n) is 2.77. The Bertz CT molecular complexity index is 1220. The molecule has 0 radical (unpaired) electrons. The smallest absolute Gasteiger partial charge is 0.311 e. The van der Waals surface area contributed by atoms with Gasteiger partial charge in [0.15, 0.2) is 0 Å². The van der Waals surface area contributed by atoms with Gasteiger partial charge < -0.3 is 10.1 Å². The Hall–Kier alpha value is -4.07. The third-order valence-corrected chi connectivity index (χ3v) is 4.18. The maximum atomic E-state index is 13.1. The maximum absolute atomic E-state index is 13.1. The number of fused-ring (bicyclic) bond motifs is 1. The highest BCUT2D eigenvalue weighted by Gasteiger charge is 2.15. The van der Waals surface area contributed by atoms with Gasteiger partial charge in [-0.2, -0.15) is 0 Å². The predicted octanol–water partition coefficient (Wildman–Crippen LogP) is 4.73. The molecule has 0 saturated heterocycles. The van der Waals surface area contributed by atoms with Gasteiger partial charge in [0.1, 0.15) is 11.6 Å². The average molecular weight is 376 g/mol. The van der Waals surface area contributed by atoms with Gasteiger partial charge >= 0.3 is 5.69 Å². The Morgan fingerprint density at radius 1 is 1.14 bits per heavy atom. The molecular formula is C20H13FN4O3. The van der Waals surface area contributed by atoms with Crippen molar-refractivity contribution in [3.05, 3.63) is 82.2 Å². The van der Waals surface area contributed by atoms with E-state index in [2.05, 4.69) is 15.0 Å². The van der Waals surface area contributed by atoms with E-state index < -0.39 is 10.7 Å². The molecule has 0 fully saturated rings. The highest BCUT2D eigenvalue weighted by Crippen LogP contribution is 2.29. The first-order chi connectivity index (χ1) is 13.5. The number of aromatic hydroxyl groups is 1. The lowest BCUT2D eigenvalue weighted by molar-refractivity contribution is -0.385. The highest BCUT2D eigenvalue weighted by molar-refractivity contribution is 5.89. The van der Waals surface area contributed by atoms with Gasteiger partial charge in [-0.3, -0.25) is 15.1 Å². The van der Waals surface area contributed by atoms with E-state index in [0.29, 0.717) is 11.5 Å². The number of phenolic OH excluding ortho intramolecular Hbond substituents is 1. The molecule has 2 N–H and O–H groups in total. The number of hydrogen-bond acceptors (Lipinski definition) is 5. The van der Waals surface area contributed by atoms with Crippen molar-refractivity contribution < 1.29 is 14.4 Å². The summed E-state index contributed by atoms with van der Waals surface area (Å²) in [5, 5.41) is 20.9. The highest BCUT2D eigenvalue weighted by atomic mass is 19.1. The molecule has 1 heterocycles. The molecule has 0 aliphatic heterocycles. The SMILES string of the molecule is O=[N+]([O-])c1cccc(C=Nc2ccc3nc(-c4ccc(F)cc4)[nH]c3c2)c1O. The molecule has 7 nitrogen and oxygen atoms in total. The van der Waals surface area contributed by atoms with Gasteiger partial charge in [-0.15, -0.1) is 0 Å². The number of nitro benzene ring substituents is 1. The number of aromatic nitrogens is 2. The van der Waals surface area contributed by atoms with Crippen molar-refractivity contribution in [2.24, 2.45) is 4.99 Å². The summed E-state index contributed by atoms with van der Waals surface area (Å²) in [4.78, 5) is 22.2. The van der Waals surface area contributed by atoms with Crippen molar-refractivity contribution in [1.82, 2.24) is 9.97 Å². The molecule has 0 bridgehead atoms. The quantitative estimate of drug-likeness (QED) is 0.305. The number of hydrogen-bond donors (Lipinski definition) is 2. The molecule has 4 rings (SSSR count). The van der Waals surface area contributed by atoms with Crippen LogP contribution in [-0.4, -0.2) is 26.2 Å². The van der Waals surface area contributed by atoms with Crippen LogP contribution in [0.3, 0.4) is 0 Å². The summed E-state index contributed by atoms with van der Waals surface area (Å²) in [6.45, 7) is 0. The lowest BCUT2D eigenvalue weighted by Gasteiger charge is -1.99. The van der Waals surface area contributed by atoms with E-state index in [1.807, 2.05) is 0 Å². The number of imidazole rings is 1. The van der Waals surface area contributed by atoms with Gasteiger partial charge in [-0.05, 0) is 48.5 Å². The van der Waals surface area contributed by atoms with Crippen LogP contribution >= 0.6 is 0 Å². The van der Waals surface area contributed by atoms with E-state index in [4.69, 9.17) is 0 Å². The molecule has 138 valence electrons. The molecule has 0 atom stereocenters. The first-order valence-electron chi connectivity index (χ1n) is 8.27. The van der Waals surface area contributed by atoms with Gasteiger partial charge in [0.25, 0.3) is 0 Å². The van der Waals surface area contributed by atoms with Gasteiger partial charge in [0.05, 0.1) is 21.6 Å². The van der Waals surface area contributed by atoms with Gasteiger partial charge in [-0.25, -0.2) is 9.37 Å². The summed E-state index contributed by atoms with van der Waals surface area (Å²) in [6, 6.07) is 15.5. The second-order valence-electron chi connectivity index (χ2n) is 6.02. The second kappa shape index (κ2) is 6.92. The van der Waals surface area contributed by atoms with E-state index >= 15 is 0 Å². The van der Waals surface area contributed by atoms with Crippen LogP contribution < -0.4 is 0 Å². The van der Waals surface area contributed by atoms with Gasteiger partial charge in [0.2, 0.25) is 5.75 Å². The van der Waals surface area contributed by atoms with Crippen LogP contribution in [0.1, 0.15) is 5.56 Å². The number of nitro groups is 1. The first kappa shape index (κ1) is 17.3. The van der Waals surface area contributed by atoms with Crippen LogP contribution in [0.4, 0.5) is 15.8 Å².